The number of alkyl halides is 1. The first-order valence-corrected chi connectivity index (χ1v) is 21.5. The van der Waals surface area contributed by atoms with Gasteiger partial charge in [-0.25, -0.2) is 28.3 Å². The SMILES string of the molecule is CCOC(=O)C(=O)CBr.CCOC(=O)c1cn2cc(Cc3ccc(OC)c(-c4cccc(Cl)c4)c3F)ccc2n1.COc1ccc(Cc2ccc(N)nc2)c(F)c1-c1cccc(Cl)c1. The number of ether oxygens (including phenoxy) is 4. The lowest BCUT2D eigenvalue weighted by Gasteiger charge is -2.14. The average Bonchev–Trinajstić information content (AvgIpc) is 3.72. The Kier molecular flexibility index (Phi) is 17.8. The molecular formula is C48H43BrCl2F2N4O7. The lowest BCUT2D eigenvalue weighted by molar-refractivity contribution is -0.152. The van der Waals surface area contributed by atoms with Crippen LogP contribution in [0.4, 0.5) is 14.6 Å². The molecule has 7 rings (SSSR count). The molecule has 0 unspecified atom stereocenters. The molecule has 3 aromatic heterocycles. The summed E-state index contributed by atoms with van der Waals surface area (Å²) in [5.74, 6) is -1.13. The molecule has 0 radical (unpaired) electrons. The molecule has 0 saturated carbocycles. The Bertz CT molecular complexity index is 2750. The van der Waals surface area contributed by atoms with E-state index < -0.39 is 17.7 Å². The molecule has 0 fully saturated rings. The van der Waals surface area contributed by atoms with Crippen molar-refractivity contribution < 1.29 is 42.1 Å². The number of nitrogen functional groups attached to an aromatic ring is 1. The molecule has 0 aliphatic heterocycles. The van der Waals surface area contributed by atoms with Gasteiger partial charge < -0.3 is 29.1 Å². The van der Waals surface area contributed by atoms with Crippen LogP contribution in [0.15, 0.2) is 116 Å². The topological polar surface area (TPSA) is 144 Å². The Morgan fingerprint density at radius 2 is 1.27 bits per heavy atom. The van der Waals surface area contributed by atoms with Crippen molar-refractivity contribution in [2.45, 2.75) is 26.7 Å². The summed E-state index contributed by atoms with van der Waals surface area (Å²) in [6.45, 7) is 3.92. The Morgan fingerprint density at radius 1 is 0.719 bits per heavy atom. The summed E-state index contributed by atoms with van der Waals surface area (Å²) in [7, 11) is 3.03. The normalized spacial score (nSPS) is 10.5. The molecule has 0 saturated heterocycles. The third-order valence-corrected chi connectivity index (χ3v) is 10.3. The highest BCUT2D eigenvalue weighted by atomic mass is 79.9. The number of nitrogens with zero attached hydrogens (tertiary/aromatic N) is 3. The van der Waals surface area contributed by atoms with Crippen LogP contribution < -0.4 is 15.2 Å². The summed E-state index contributed by atoms with van der Waals surface area (Å²) in [5, 5.41) is 1.10. The van der Waals surface area contributed by atoms with E-state index >= 15 is 8.78 Å². The third-order valence-electron chi connectivity index (χ3n) is 9.29. The summed E-state index contributed by atoms with van der Waals surface area (Å²) in [5.41, 5.74) is 11.3. The van der Waals surface area contributed by atoms with E-state index in [9.17, 15) is 14.4 Å². The van der Waals surface area contributed by atoms with Crippen molar-refractivity contribution in [3.8, 4) is 33.8 Å². The van der Waals surface area contributed by atoms with E-state index in [1.54, 1.807) is 116 Å². The monoisotopic (exact) mass is 974 g/mol. The Morgan fingerprint density at radius 3 is 1.75 bits per heavy atom. The predicted molar refractivity (Wildman–Crippen MR) is 248 cm³/mol. The smallest absolute Gasteiger partial charge is 0.375 e. The average molecular weight is 977 g/mol. The summed E-state index contributed by atoms with van der Waals surface area (Å²) >= 11 is 15.0. The Balaban J connectivity index is 0.000000207. The number of carbonyl (C=O) groups is 3. The summed E-state index contributed by atoms with van der Waals surface area (Å²) < 4.78 is 52.5. The highest BCUT2D eigenvalue weighted by molar-refractivity contribution is 9.09. The van der Waals surface area contributed by atoms with Gasteiger partial charge in [0.1, 0.15) is 34.6 Å². The number of hydrogen-bond acceptors (Lipinski definition) is 10. The van der Waals surface area contributed by atoms with Crippen molar-refractivity contribution in [2.75, 3.05) is 38.5 Å². The van der Waals surface area contributed by atoms with Crippen molar-refractivity contribution >= 4 is 68.3 Å². The van der Waals surface area contributed by atoms with Crippen LogP contribution in [0.3, 0.4) is 0 Å². The van der Waals surface area contributed by atoms with Crippen LogP contribution in [-0.4, -0.2) is 64.9 Å². The standard InChI is InChI=1S/C24H20ClFN2O3.C19H16ClFN2O.C5H7BrO3/c1-3-31-24(29)19-14-28-13-15(7-10-21(28)27-19)11-17-8-9-20(30-2)22(23(17)26)16-5-4-6-18(25)12-16;1-24-16-7-6-14(9-12-5-8-17(22)23-11-12)19(21)18(16)13-3-2-4-15(20)10-13;1-2-9-5(8)4(7)3-6/h4-10,12-14H,3,11H2,1-2H3;2-8,10-11H,9H2,1H3,(H2,22,23);2-3H2,1H3. The van der Waals surface area contributed by atoms with E-state index in [1.165, 1.54) is 14.2 Å². The molecule has 0 spiro atoms. The second kappa shape index (κ2) is 23.4. The van der Waals surface area contributed by atoms with E-state index in [0.717, 1.165) is 11.1 Å². The van der Waals surface area contributed by atoms with Gasteiger partial charge in [0.15, 0.2) is 5.69 Å². The largest absolute Gasteiger partial charge is 0.496 e. The molecule has 16 heteroatoms. The number of methoxy groups -OCH3 is 2. The van der Waals surface area contributed by atoms with Gasteiger partial charge in [-0.1, -0.05) is 87.7 Å². The zero-order valence-corrected chi connectivity index (χ0v) is 38.3. The summed E-state index contributed by atoms with van der Waals surface area (Å²) in [6, 6.07) is 28.2. The van der Waals surface area contributed by atoms with Crippen LogP contribution in [0.1, 0.15) is 46.6 Å². The number of fused-ring (bicyclic) bond motifs is 1. The number of aromatic nitrogens is 3. The van der Waals surface area contributed by atoms with Crippen LogP contribution in [0.2, 0.25) is 10.0 Å². The quantitative estimate of drug-likeness (QED) is 0.0673. The molecule has 7 aromatic rings. The number of anilines is 1. The predicted octanol–water partition coefficient (Wildman–Crippen LogP) is 10.8. The number of halogens is 5. The van der Waals surface area contributed by atoms with Gasteiger partial charge in [-0.3, -0.25) is 4.79 Å². The number of esters is 2. The molecule has 0 aliphatic carbocycles. The molecule has 64 heavy (non-hydrogen) atoms. The molecule has 3 heterocycles. The van der Waals surface area contributed by atoms with Crippen LogP contribution in [0.5, 0.6) is 11.5 Å². The minimum Gasteiger partial charge on any atom is -0.496 e. The highest BCUT2D eigenvalue weighted by Gasteiger charge is 2.19. The number of carbonyl (C=O) groups excluding carboxylic acids is 3. The molecule has 0 aliphatic rings. The van der Waals surface area contributed by atoms with Crippen molar-refractivity contribution in [1.29, 1.82) is 0 Å². The van der Waals surface area contributed by atoms with Gasteiger partial charge in [-0.2, -0.15) is 0 Å². The van der Waals surface area contributed by atoms with Gasteiger partial charge in [0, 0.05) is 41.5 Å². The zero-order chi connectivity index (χ0) is 46.3. The fourth-order valence-electron chi connectivity index (χ4n) is 6.33. The fraction of sp³-hybridized carbons (Fsp3) is 0.188. The second-order valence-corrected chi connectivity index (χ2v) is 15.1. The minimum atomic E-state index is -0.769. The molecule has 0 atom stereocenters. The van der Waals surface area contributed by atoms with Gasteiger partial charge in [0.05, 0.1) is 43.9 Å². The molecule has 0 amide bonds. The van der Waals surface area contributed by atoms with Crippen LogP contribution in [0, 0.1) is 11.6 Å². The molecule has 2 N–H and O–H groups in total. The van der Waals surface area contributed by atoms with E-state index in [1.807, 2.05) is 18.3 Å². The van der Waals surface area contributed by atoms with E-state index in [0.29, 0.717) is 79.2 Å². The third kappa shape index (κ3) is 12.6. The van der Waals surface area contributed by atoms with Crippen molar-refractivity contribution in [3.63, 3.8) is 0 Å². The first-order chi connectivity index (χ1) is 30.8. The van der Waals surface area contributed by atoms with Crippen LogP contribution in [0.25, 0.3) is 27.9 Å². The van der Waals surface area contributed by atoms with Gasteiger partial charge >= 0.3 is 11.9 Å². The van der Waals surface area contributed by atoms with Crippen molar-refractivity contribution in [2.24, 2.45) is 0 Å². The lowest BCUT2D eigenvalue weighted by Crippen LogP contribution is -2.17. The number of hydrogen-bond donors (Lipinski definition) is 1. The molecule has 11 nitrogen and oxygen atoms in total. The highest BCUT2D eigenvalue weighted by Crippen LogP contribution is 2.37. The number of imidazole rings is 1. The first kappa shape index (κ1) is 48.7. The lowest BCUT2D eigenvalue weighted by atomic mass is 9.97. The van der Waals surface area contributed by atoms with Crippen LogP contribution in [-0.2, 0) is 31.9 Å². The molecule has 4 aromatic carbocycles. The van der Waals surface area contributed by atoms with E-state index in [2.05, 4.69) is 30.6 Å². The maximum atomic E-state index is 15.5. The van der Waals surface area contributed by atoms with Crippen LogP contribution >= 0.6 is 39.1 Å². The number of benzene rings is 4. The van der Waals surface area contributed by atoms with Crippen molar-refractivity contribution in [1.82, 2.24) is 14.4 Å². The Labute approximate surface area is 387 Å². The number of rotatable bonds is 13. The van der Waals surface area contributed by atoms with Gasteiger partial charge in [-0.05, 0) is 95.8 Å². The first-order valence-electron chi connectivity index (χ1n) is 19.6. The number of nitrogens with two attached hydrogens (primary N) is 1. The number of Topliss-reactive ketones (excluding diaryl/α,β-unsaturated/α-hetero) is 1. The maximum Gasteiger partial charge on any atom is 0.375 e. The zero-order valence-electron chi connectivity index (χ0n) is 35.2. The maximum absolute atomic E-state index is 15.5. The minimum absolute atomic E-state index is 0.0336. The van der Waals surface area contributed by atoms with Gasteiger partial charge in [0.2, 0.25) is 5.78 Å². The van der Waals surface area contributed by atoms with Gasteiger partial charge in [0.25, 0.3) is 0 Å². The summed E-state index contributed by atoms with van der Waals surface area (Å²) in [6.07, 6.45) is 5.85. The molecule has 332 valence electrons. The van der Waals surface area contributed by atoms with E-state index in [4.69, 9.17) is 43.1 Å². The molecular weight excluding hydrogens is 933 g/mol. The second-order valence-electron chi connectivity index (χ2n) is 13.6. The van der Waals surface area contributed by atoms with E-state index in [-0.39, 0.29) is 35.9 Å². The summed E-state index contributed by atoms with van der Waals surface area (Å²) in [4.78, 5) is 41.0. The van der Waals surface area contributed by atoms with Gasteiger partial charge in [-0.15, -0.1) is 0 Å². The number of pyridine rings is 2. The van der Waals surface area contributed by atoms with Crippen molar-refractivity contribution in [3.05, 3.63) is 165 Å². The Hall–Kier alpha value is -6.35. The fourth-order valence-corrected chi connectivity index (χ4v) is 6.94. The molecule has 0 bridgehead atoms. The number of ketones is 1.